The van der Waals surface area contributed by atoms with E-state index in [9.17, 15) is 17.7 Å². The predicted octanol–water partition coefficient (Wildman–Crippen LogP) is 2.93. The van der Waals surface area contributed by atoms with Crippen LogP contribution in [-0.4, -0.2) is 0 Å². The maximum Gasteiger partial charge on any atom is 0.418 e. The third-order valence-electron chi connectivity index (χ3n) is 1.41. The van der Waals surface area contributed by atoms with Gasteiger partial charge in [0.25, 0.3) is 0 Å². The van der Waals surface area contributed by atoms with Crippen molar-refractivity contribution in [1.29, 1.82) is 0 Å². The first-order valence-electron chi connectivity index (χ1n) is 3.33. The number of hydrogen-bond donors (Lipinski definition) is 2. The molecule has 0 aromatic heterocycles. The monoisotopic (exact) mass is 230 g/mol. The molecule has 0 aliphatic heterocycles. The number of hydrogen-bond acceptors (Lipinski definition) is 2. The van der Waals surface area contributed by atoms with Crippen molar-refractivity contribution >= 4 is 18.1 Å². The average molecular weight is 231 g/mol. The van der Waals surface area contributed by atoms with Crippen molar-refractivity contribution in [2.75, 3.05) is 5.43 Å². The van der Waals surface area contributed by atoms with Gasteiger partial charge < -0.3 is 0 Å². The van der Waals surface area contributed by atoms with E-state index in [2.05, 4.69) is 0 Å². The standard InChI is InChI=1S/C7H6F4N2.ClH/c8-7(9,10)5-3-1-2-4-6(5)12-13-11;/h1-4,12-13H;1H. The molecule has 0 aliphatic carbocycles. The fraction of sp³-hybridized carbons (Fsp3) is 0.143. The first-order valence-corrected chi connectivity index (χ1v) is 3.33. The van der Waals surface area contributed by atoms with Crippen LogP contribution in [0.25, 0.3) is 0 Å². The molecule has 0 unspecified atom stereocenters. The molecule has 0 bridgehead atoms. The average Bonchev–Trinajstić information content (AvgIpc) is 2.04. The van der Waals surface area contributed by atoms with E-state index < -0.39 is 11.7 Å². The van der Waals surface area contributed by atoms with E-state index in [0.717, 1.165) is 17.8 Å². The van der Waals surface area contributed by atoms with Gasteiger partial charge in [-0.15, -0.1) is 16.9 Å². The van der Waals surface area contributed by atoms with Crippen LogP contribution in [0, 0.1) is 0 Å². The molecule has 2 nitrogen and oxygen atoms in total. The van der Waals surface area contributed by atoms with Crippen LogP contribution in [0.3, 0.4) is 0 Å². The van der Waals surface area contributed by atoms with Gasteiger partial charge in [0.15, 0.2) is 0 Å². The molecule has 0 amide bonds. The first kappa shape index (κ1) is 13.0. The lowest BCUT2D eigenvalue weighted by Gasteiger charge is -2.11. The van der Waals surface area contributed by atoms with E-state index in [0.29, 0.717) is 0 Å². The number of nitrogens with one attached hydrogen (secondary N) is 2. The summed E-state index contributed by atoms with van der Waals surface area (Å²) < 4.78 is 48.1. The van der Waals surface area contributed by atoms with Crippen LogP contribution in [0.15, 0.2) is 24.3 Å². The third kappa shape index (κ3) is 3.04. The van der Waals surface area contributed by atoms with Gasteiger partial charge in [-0.05, 0) is 12.1 Å². The second-order valence-corrected chi connectivity index (χ2v) is 2.26. The minimum Gasteiger partial charge on any atom is -0.294 e. The van der Waals surface area contributed by atoms with Crippen molar-refractivity contribution in [2.45, 2.75) is 6.18 Å². The number of alkyl halides is 3. The van der Waals surface area contributed by atoms with Gasteiger partial charge in [0, 0.05) is 0 Å². The summed E-state index contributed by atoms with van der Waals surface area (Å²) in [5.41, 5.74) is 1.43. The van der Waals surface area contributed by atoms with Crippen molar-refractivity contribution in [3.8, 4) is 0 Å². The van der Waals surface area contributed by atoms with Crippen molar-refractivity contribution in [2.24, 2.45) is 0 Å². The smallest absolute Gasteiger partial charge is 0.294 e. The fourth-order valence-electron chi connectivity index (χ4n) is 0.890. The number of para-hydroxylation sites is 1. The van der Waals surface area contributed by atoms with Gasteiger partial charge in [-0.25, -0.2) is 0 Å². The number of hydrazine groups is 1. The fourth-order valence-corrected chi connectivity index (χ4v) is 0.890. The van der Waals surface area contributed by atoms with E-state index in [-0.39, 0.29) is 18.1 Å². The largest absolute Gasteiger partial charge is 0.418 e. The molecular formula is C7H7ClF4N2. The zero-order chi connectivity index (χ0) is 9.90. The molecule has 1 rings (SSSR count). The number of anilines is 1. The molecule has 0 aliphatic rings. The molecule has 7 heteroatoms. The Labute approximate surface area is 83.6 Å². The Kier molecular flexibility index (Phi) is 4.65. The van der Waals surface area contributed by atoms with Crippen LogP contribution in [-0.2, 0) is 6.18 Å². The van der Waals surface area contributed by atoms with E-state index in [1.165, 1.54) is 12.1 Å². The Hall–Kier alpha value is -1.01. The maximum atomic E-state index is 12.2. The zero-order valence-electron chi connectivity index (χ0n) is 6.73. The van der Waals surface area contributed by atoms with Crippen molar-refractivity contribution in [1.82, 2.24) is 5.65 Å². The molecule has 0 saturated carbocycles. The molecule has 0 spiro atoms. The summed E-state index contributed by atoms with van der Waals surface area (Å²) in [6, 6.07) is 4.58. The summed E-state index contributed by atoms with van der Waals surface area (Å²) >= 11 is 0. The van der Waals surface area contributed by atoms with E-state index in [1.807, 2.05) is 0 Å². The molecule has 0 fully saturated rings. The highest BCUT2D eigenvalue weighted by atomic mass is 35.5. The highest BCUT2D eigenvalue weighted by Gasteiger charge is 2.33. The Morgan fingerprint density at radius 2 is 1.64 bits per heavy atom. The molecule has 2 N–H and O–H groups in total. The van der Waals surface area contributed by atoms with Crippen LogP contribution in [0.5, 0.6) is 0 Å². The van der Waals surface area contributed by atoms with Gasteiger partial charge in [-0.3, -0.25) is 5.43 Å². The number of rotatable bonds is 2. The molecule has 1 aromatic rings. The quantitative estimate of drug-likeness (QED) is 0.464. The van der Waals surface area contributed by atoms with Crippen molar-refractivity contribution < 1.29 is 17.7 Å². The Morgan fingerprint density at radius 3 is 2.14 bits per heavy atom. The molecule has 80 valence electrons. The SMILES string of the molecule is Cl.FNNc1ccccc1C(F)(F)F. The van der Waals surface area contributed by atoms with Crippen LogP contribution >= 0.6 is 12.4 Å². The van der Waals surface area contributed by atoms with E-state index in [4.69, 9.17) is 0 Å². The topological polar surface area (TPSA) is 24.1 Å². The zero-order valence-corrected chi connectivity index (χ0v) is 7.55. The lowest BCUT2D eigenvalue weighted by atomic mass is 10.2. The van der Waals surface area contributed by atoms with Crippen molar-refractivity contribution in [3.63, 3.8) is 0 Å². The normalized spacial score (nSPS) is 10.6. The molecule has 0 heterocycles. The molecule has 14 heavy (non-hydrogen) atoms. The van der Waals surface area contributed by atoms with Gasteiger partial charge >= 0.3 is 6.18 Å². The summed E-state index contributed by atoms with van der Waals surface area (Å²) in [5.74, 6) is 0. The predicted molar refractivity (Wildman–Crippen MR) is 46.6 cm³/mol. The Bertz CT molecular complexity index is 289. The third-order valence-corrected chi connectivity index (χ3v) is 1.41. The molecule has 0 radical (unpaired) electrons. The van der Waals surface area contributed by atoms with Crippen LogP contribution < -0.4 is 11.1 Å². The molecule has 0 saturated heterocycles. The highest BCUT2D eigenvalue weighted by Crippen LogP contribution is 2.34. The summed E-state index contributed by atoms with van der Waals surface area (Å²) in [4.78, 5) is 0. The second kappa shape index (κ2) is 5.02. The summed E-state index contributed by atoms with van der Waals surface area (Å²) in [6.45, 7) is 0. The number of benzene rings is 1. The van der Waals surface area contributed by atoms with Gasteiger partial charge in [-0.1, -0.05) is 17.8 Å². The minimum atomic E-state index is -4.49. The van der Waals surface area contributed by atoms with E-state index >= 15 is 0 Å². The Morgan fingerprint density at radius 1 is 1.07 bits per heavy atom. The lowest BCUT2D eigenvalue weighted by molar-refractivity contribution is -0.137. The second-order valence-electron chi connectivity index (χ2n) is 2.26. The maximum absolute atomic E-state index is 12.2. The van der Waals surface area contributed by atoms with Crippen molar-refractivity contribution in [3.05, 3.63) is 29.8 Å². The minimum absolute atomic E-state index is 0. The van der Waals surface area contributed by atoms with Crippen LogP contribution in [0.2, 0.25) is 0 Å². The summed E-state index contributed by atoms with van der Waals surface area (Å²) in [5, 5.41) is 0. The molecule has 1 aromatic carbocycles. The van der Waals surface area contributed by atoms with E-state index in [1.54, 1.807) is 5.43 Å². The van der Waals surface area contributed by atoms with Crippen LogP contribution in [0.1, 0.15) is 5.56 Å². The van der Waals surface area contributed by atoms with Gasteiger partial charge in [0.1, 0.15) is 0 Å². The summed E-state index contributed by atoms with van der Waals surface area (Å²) in [7, 11) is 0. The van der Waals surface area contributed by atoms with Gasteiger partial charge in [0.2, 0.25) is 0 Å². The first-order chi connectivity index (χ1) is 6.05. The molecule has 0 atom stereocenters. The number of halogens is 5. The summed E-state index contributed by atoms with van der Waals surface area (Å²) in [6.07, 6.45) is -4.49. The van der Waals surface area contributed by atoms with Gasteiger partial charge in [0.05, 0.1) is 11.3 Å². The Balaban J connectivity index is 0.00000169. The van der Waals surface area contributed by atoms with Gasteiger partial charge in [-0.2, -0.15) is 13.2 Å². The lowest BCUT2D eigenvalue weighted by Crippen LogP contribution is -2.15. The highest BCUT2D eigenvalue weighted by molar-refractivity contribution is 5.85. The van der Waals surface area contributed by atoms with Crippen LogP contribution in [0.4, 0.5) is 23.3 Å². The molecular weight excluding hydrogens is 224 g/mol.